The molecule has 4 rings (SSSR count). The summed E-state index contributed by atoms with van der Waals surface area (Å²) in [5.74, 6) is -0.788. The van der Waals surface area contributed by atoms with Gasteiger partial charge in [0.2, 0.25) is 11.2 Å². The van der Waals surface area contributed by atoms with E-state index in [2.05, 4.69) is 0 Å². The molecule has 122 valence electrons. The van der Waals surface area contributed by atoms with Crippen LogP contribution in [0.1, 0.15) is 19.4 Å². The predicted octanol–water partition coefficient (Wildman–Crippen LogP) is 3.25. The monoisotopic (exact) mass is 326 g/mol. The SMILES string of the molecule is CC1(C)C=Cc2c(cc3oc4c(O)c(O)ccc4c(=O)c3c2O)O1. The minimum Gasteiger partial charge on any atom is -0.506 e. The highest BCUT2D eigenvalue weighted by Crippen LogP contribution is 2.42. The third-order valence-electron chi connectivity index (χ3n) is 4.08. The van der Waals surface area contributed by atoms with Gasteiger partial charge in [-0.3, -0.25) is 4.79 Å². The lowest BCUT2D eigenvalue weighted by molar-refractivity contribution is 0.158. The van der Waals surface area contributed by atoms with Gasteiger partial charge in [-0.25, -0.2) is 0 Å². The molecule has 2 aromatic carbocycles. The molecule has 0 bridgehead atoms. The first kappa shape index (κ1) is 14.4. The summed E-state index contributed by atoms with van der Waals surface area (Å²) in [7, 11) is 0. The second-order valence-corrected chi connectivity index (χ2v) is 6.29. The Morgan fingerprint density at radius 3 is 2.58 bits per heavy atom. The van der Waals surface area contributed by atoms with Gasteiger partial charge in [-0.05, 0) is 38.1 Å². The average Bonchev–Trinajstić information content (AvgIpc) is 2.50. The first-order valence-electron chi connectivity index (χ1n) is 7.34. The molecule has 0 unspecified atom stereocenters. The van der Waals surface area contributed by atoms with Crippen molar-refractivity contribution in [3.63, 3.8) is 0 Å². The van der Waals surface area contributed by atoms with Crippen molar-refractivity contribution >= 4 is 28.0 Å². The summed E-state index contributed by atoms with van der Waals surface area (Å²) < 4.78 is 11.4. The maximum atomic E-state index is 12.7. The summed E-state index contributed by atoms with van der Waals surface area (Å²) in [6.07, 6.45) is 3.49. The van der Waals surface area contributed by atoms with Crippen molar-refractivity contribution in [2.75, 3.05) is 0 Å². The van der Waals surface area contributed by atoms with Gasteiger partial charge in [0.25, 0.3) is 0 Å². The molecular formula is C18H14O6. The van der Waals surface area contributed by atoms with E-state index in [0.29, 0.717) is 11.3 Å². The van der Waals surface area contributed by atoms with E-state index in [1.54, 1.807) is 12.2 Å². The normalized spacial score (nSPS) is 15.4. The zero-order chi connectivity index (χ0) is 17.2. The molecule has 0 atom stereocenters. The van der Waals surface area contributed by atoms with E-state index < -0.39 is 22.5 Å². The molecule has 2 heterocycles. The first-order valence-corrected chi connectivity index (χ1v) is 7.34. The van der Waals surface area contributed by atoms with Gasteiger partial charge < -0.3 is 24.5 Å². The first-order chi connectivity index (χ1) is 11.3. The molecule has 0 aliphatic carbocycles. The van der Waals surface area contributed by atoms with Gasteiger partial charge in [-0.1, -0.05) is 0 Å². The molecule has 6 nitrogen and oxygen atoms in total. The second kappa shape index (κ2) is 4.44. The highest BCUT2D eigenvalue weighted by atomic mass is 16.5. The predicted molar refractivity (Wildman–Crippen MR) is 88.7 cm³/mol. The van der Waals surface area contributed by atoms with E-state index in [1.165, 1.54) is 18.2 Å². The van der Waals surface area contributed by atoms with Crippen LogP contribution in [-0.4, -0.2) is 20.9 Å². The van der Waals surface area contributed by atoms with Crippen molar-refractivity contribution in [3.05, 3.63) is 40.1 Å². The van der Waals surface area contributed by atoms with E-state index in [9.17, 15) is 20.1 Å². The number of rotatable bonds is 0. The number of aromatic hydroxyl groups is 3. The topological polar surface area (TPSA) is 100 Å². The molecule has 3 aromatic rings. The Morgan fingerprint density at radius 1 is 1.08 bits per heavy atom. The molecule has 0 fully saturated rings. The number of hydrogen-bond donors (Lipinski definition) is 3. The van der Waals surface area contributed by atoms with Crippen molar-refractivity contribution in [1.29, 1.82) is 0 Å². The van der Waals surface area contributed by atoms with Crippen LogP contribution in [0.2, 0.25) is 0 Å². The zero-order valence-corrected chi connectivity index (χ0v) is 13.0. The van der Waals surface area contributed by atoms with E-state index in [4.69, 9.17) is 9.15 Å². The van der Waals surface area contributed by atoms with E-state index in [0.717, 1.165) is 0 Å². The molecule has 0 amide bonds. The molecule has 0 saturated heterocycles. The third kappa shape index (κ3) is 1.86. The molecule has 0 saturated carbocycles. The fourth-order valence-corrected chi connectivity index (χ4v) is 2.87. The van der Waals surface area contributed by atoms with Gasteiger partial charge in [-0.15, -0.1) is 0 Å². The Kier molecular flexibility index (Phi) is 2.67. The van der Waals surface area contributed by atoms with Crippen LogP contribution in [0.25, 0.3) is 28.0 Å². The highest BCUT2D eigenvalue weighted by molar-refractivity contribution is 5.98. The molecule has 0 spiro atoms. The van der Waals surface area contributed by atoms with Gasteiger partial charge in [0, 0.05) is 6.07 Å². The Labute approximate surface area is 135 Å². The minimum atomic E-state index is -0.565. The van der Waals surface area contributed by atoms with Gasteiger partial charge in [0.05, 0.1) is 10.9 Å². The number of benzene rings is 2. The van der Waals surface area contributed by atoms with E-state index in [1.807, 2.05) is 13.8 Å². The van der Waals surface area contributed by atoms with Crippen molar-refractivity contribution in [2.45, 2.75) is 19.4 Å². The molecular weight excluding hydrogens is 312 g/mol. The van der Waals surface area contributed by atoms with Crippen molar-refractivity contribution < 1.29 is 24.5 Å². The Balaban J connectivity index is 2.17. The standard InChI is InChI=1S/C18H14O6/c1-18(2)6-5-8-11(24-18)7-12-13(14(8)20)15(21)9-3-4-10(19)16(22)17(9)23-12/h3-7,19-20,22H,1-2H3. The Bertz CT molecular complexity index is 1100. The van der Waals surface area contributed by atoms with Crippen LogP contribution in [0.3, 0.4) is 0 Å². The van der Waals surface area contributed by atoms with E-state index >= 15 is 0 Å². The smallest absolute Gasteiger partial charge is 0.204 e. The minimum absolute atomic E-state index is 0.000652. The van der Waals surface area contributed by atoms with Crippen LogP contribution in [0.15, 0.2) is 33.5 Å². The maximum Gasteiger partial charge on any atom is 0.204 e. The van der Waals surface area contributed by atoms with Gasteiger partial charge in [0.1, 0.15) is 28.1 Å². The van der Waals surface area contributed by atoms with Crippen LogP contribution in [0.4, 0.5) is 0 Å². The fraction of sp³-hybridized carbons (Fsp3) is 0.167. The molecule has 24 heavy (non-hydrogen) atoms. The number of phenolic OH excluding ortho intramolecular Hbond substituents is 3. The summed E-state index contributed by atoms with van der Waals surface area (Å²) in [5, 5.41) is 30.1. The van der Waals surface area contributed by atoms with Crippen LogP contribution >= 0.6 is 0 Å². The van der Waals surface area contributed by atoms with Gasteiger partial charge in [0.15, 0.2) is 11.3 Å². The third-order valence-corrected chi connectivity index (χ3v) is 4.08. The molecule has 1 aliphatic heterocycles. The van der Waals surface area contributed by atoms with Crippen LogP contribution < -0.4 is 10.2 Å². The Hall–Kier alpha value is -3.15. The second-order valence-electron chi connectivity index (χ2n) is 6.29. The van der Waals surface area contributed by atoms with Crippen molar-refractivity contribution in [2.24, 2.45) is 0 Å². The van der Waals surface area contributed by atoms with Gasteiger partial charge >= 0.3 is 0 Å². The lowest BCUT2D eigenvalue weighted by Gasteiger charge is -2.28. The fourth-order valence-electron chi connectivity index (χ4n) is 2.87. The lowest BCUT2D eigenvalue weighted by atomic mass is 9.99. The highest BCUT2D eigenvalue weighted by Gasteiger charge is 2.27. The van der Waals surface area contributed by atoms with Crippen LogP contribution in [-0.2, 0) is 0 Å². The summed E-state index contributed by atoms with van der Waals surface area (Å²) >= 11 is 0. The molecule has 0 radical (unpaired) electrons. The quantitative estimate of drug-likeness (QED) is 0.433. The summed E-state index contributed by atoms with van der Waals surface area (Å²) in [5.41, 5.74) is -0.741. The number of phenols is 3. The molecule has 3 N–H and O–H groups in total. The molecule has 1 aliphatic rings. The number of fused-ring (bicyclic) bond motifs is 3. The number of ether oxygens (including phenoxy) is 1. The van der Waals surface area contributed by atoms with Crippen molar-refractivity contribution in [1.82, 2.24) is 0 Å². The van der Waals surface area contributed by atoms with Crippen LogP contribution in [0, 0.1) is 0 Å². The van der Waals surface area contributed by atoms with Gasteiger partial charge in [-0.2, -0.15) is 0 Å². The summed E-state index contributed by atoms with van der Waals surface area (Å²) in [4.78, 5) is 12.7. The van der Waals surface area contributed by atoms with Crippen molar-refractivity contribution in [3.8, 4) is 23.0 Å². The van der Waals surface area contributed by atoms with Crippen LogP contribution in [0.5, 0.6) is 23.0 Å². The molecule has 1 aromatic heterocycles. The maximum absolute atomic E-state index is 12.7. The van der Waals surface area contributed by atoms with E-state index in [-0.39, 0.29) is 27.7 Å². The largest absolute Gasteiger partial charge is 0.506 e. The lowest BCUT2D eigenvalue weighted by Crippen LogP contribution is -2.27. The molecule has 6 heteroatoms. The average molecular weight is 326 g/mol. The summed E-state index contributed by atoms with van der Waals surface area (Å²) in [6.45, 7) is 3.71. The Morgan fingerprint density at radius 2 is 1.83 bits per heavy atom. The number of hydrogen-bond acceptors (Lipinski definition) is 6. The zero-order valence-electron chi connectivity index (χ0n) is 13.0. The summed E-state index contributed by atoms with van der Waals surface area (Å²) in [6, 6.07) is 4.03.